The van der Waals surface area contributed by atoms with Crippen molar-refractivity contribution in [1.29, 1.82) is 0 Å². The van der Waals surface area contributed by atoms with Gasteiger partial charge >= 0.3 is 6.18 Å². The van der Waals surface area contributed by atoms with Gasteiger partial charge in [0.15, 0.2) is 5.82 Å². The SMILES string of the molecule is CNc1nc(C2CC2)c(C(F)(F)F)cc1N(O)O. The molecule has 0 unspecified atom stereocenters. The van der Waals surface area contributed by atoms with Gasteiger partial charge in [-0.05, 0) is 18.9 Å². The van der Waals surface area contributed by atoms with E-state index in [1.54, 1.807) is 0 Å². The fourth-order valence-corrected chi connectivity index (χ4v) is 1.75. The second kappa shape index (κ2) is 4.29. The molecule has 0 radical (unpaired) electrons. The largest absolute Gasteiger partial charge is 0.418 e. The van der Waals surface area contributed by atoms with Crippen LogP contribution in [0.2, 0.25) is 0 Å². The summed E-state index contributed by atoms with van der Waals surface area (Å²) in [5.74, 6) is -0.205. The van der Waals surface area contributed by atoms with Crippen molar-refractivity contribution >= 4 is 11.5 Å². The van der Waals surface area contributed by atoms with E-state index < -0.39 is 17.4 Å². The smallest absolute Gasteiger partial charge is 0.371 e. The molecule has 1 saturated carbocycles. The molecule has 1 aromatic heterocycles. The lowest BCUT2D eigenvalue weighted by atomic mass is 10.1. The molecule has 0 atom stereocenters. The van der Waals surface area contributed by atoms with Crippen molar-refractivity contribution in [2.75, 3.05) is 17.6 Å². The second-order valence-electron chi connectivity index (χ2n) is 4.10. The zero-order valence-electron chi connectivity index (χ0n) is 9.49. The Kier molecular flexibility index (Phi) is 3.07. The molecule has 5 nitrogen and oxygen atoms in total. The summed E-state index contributed by atoms with van der Waals surface area (Å²) in [7, 11) is 1.44. The number of halogens is 3. The van der Waals surface area contributed by atoms with Gasteiger partial charge in [0.2, 0.25) is 0 Å². The molecule has 0 spiro atoms. The molecule has 18 heavy (non-hydrogen) atoms. The molecule has 1 aromatic rings. The van der Waals surface area contributed by atoms with Crippen molar-refractivity contribution < 1.29 is 23.6 Å². The van der Waals surface area contributed by atoms with Crippen LogP contribution >= 0.6 is 0 Å². The predicted octanol–water partition coefficient (Wildman–Crippen LogP) is 2.60. The Morgan fingerprint density at radius 2 is 2.00 bits per heavy atom. The molecule has 1 fully saturated rings. The Hall–Kier alpha value is -1.54. The second-order valence-corrected chi connectivity index (χ2v) is 4.10. The first-order valence-corrected chi connectivity index (χ1v) is 5.32. The lowest BCUT2D eigenvalue weighted by Gasteiger charge is -2.18. The maximum absolute atomic E-state index is 12.9. The summed E-state index contributed by atoms with van der Waals surface area (Å²) in [6, 6.07) is 0.687. The van der Waals surface area contributed by atoms with E-state index in [1.807, 2.05) is 0 Å². The van der Waals surface area contributed by atoms with Gasteiger partial charge in [0, 0.05) is 13.0 Å². The zero-order chi connectivity index (χ0) is 13.5. The highest BCUT2D eigenvalue weighted by molar-refractivity contribution is 5.65. The molecular weight excluding hydrogens is 251 g/mol. The third kappa shape index (κ3) is 2.34. The van der Waals surface area contributed by atoms with E-state index >= 15 is 0 Å². The molecule has 1 heterocycles. The fourth-order valence-electron chi connectivity index (χ4n) is 1.75. The monoisotopic (exact) mass is 263 g/mol. The average Bonchev–Trinajstić information content (AvgIpc) is 3.09. The number of nitrogens with one attached hydrogen (secondary N) is 1. The van der Waals surface area contributed by atoms with E-state index in [9.17, 15) is 13.2 Å². The zero-order valence-corrected chi connectivity index (χ0v) is 9.49. The van der Waals surface area contributed by atoms with Crippen molar-refractivity contribution in [1.82, 2.24) is 4.98 Å². The van der Waals surface area contributed by atoms with Gasteiger partial charge in [-0.2, -0.15) is 13.2 Å². The van der Waals surface area contributed by atoms with Crippen LogP contribution in [0.15, 0.2) is 6.07 Å². The lowest BCUT2D eigenvalue weighted by molar-refractivity contribution is -0.138. The third-order valence-corrected chi connectivity index (χ3v) is 2.75. The maximum atomic E-state index is 12.9. The van der Waals surface area contributed by atoms with Crippen LogP contribution in [0.3, 0.4) is 0 Å². The quantitative estimate of drug-likeness (QED) is 0.731. The van der Waals surface area contributed by atoms with Crippen LogP contribution in [0.4, 0.5) is 24.7 Å². The Bertz CT molecular complexity index is 458. The van der Waals surface area contributed by atoms with Crippen LogP contribution in [0, 0.1) is 0 Å². The highest BCUT2D eigenvalue weighted by atomic mass is 19.4. The molecule has 0 saturated heterocycles. The summed E-state index contributed by atoms with van der Waals surface area (Å²) < 4.78 is 38.6. The number of hydrogen-bond acceptors (Lipinski definition) is 5. The topological polar surface area (TPSA) is 68.6 Å². The predicted molar refractivity (Wildman–Crippen MR) is 56.8 cm³/mol. The lowest BCUT2D eigenvalue weighted by Crippen LogP contribution is -2.18. The first-order valence-electron chi connectivity index (χ1n) is 5.32. The van der Waals surface area contributed by atoms with Gasteiger partial charge < -0.3 is 5.32 Å². The summed E-state index contributed by atoms with van der Waals surface area (Å²) in [5.41, 5.74) is -1.40. The summed E-state index contributed by atoms with van der Waals surface area (Å²) in [5, 5.41) is 20.0. The van der Waals surface area contributed by atoms with Crippen LogP contribution in [-0.2, 0) is 6.18 Å². The number of anilines is 2. The third-order valence-electron chi connectivity index (χ3n) is 2.75. The summed E-state index contributed by atoms with van der Waals surface area (Å²) in [6.07, 6.45) is -3.23. The van der Waals surface area contributed by atoms with Gasteiger partial charge in [-0.3, -0.25) is 10.4 Å². The first kappa shape index (κ1) is 12.9. The van der Waals surface area contributed by atoms with Gasteiger partial charge in [0.05, 0.1) is 11.3 Å². The van der Waals surface area contributed by atoms with Crippen molar-refractivity contribution in [3.63, 3.8) is 0 Å². The van der Waals surface area contributed by atoms with Gasteiger partial charge in [0.1, 0.15) is 5.69 Å². The van der Waals surface area contributed by atoms with Crippen LogP contribution in [0.5, 0.6) is 0 Å². The Balaban J connectivity index is 2.58. The van der Waals surface area contributed by atoms with E-state index in [4.69, 9.17) is 10.4 Å². The molecule has 1 aliphatic rings. The number of aromatic nitrogens is 1. The van der Waals surface area contributed by atoms with Crippen LogP contribution in [-0.4, -0.2) is 22.4 Å². The van der Waals surface area contributed by atoms with E-state index in [-0.39, 0.29) is 22.7 Å². The van der Waals surface area contributed by atoms with Crippen molar-refractivity contribution in [2.45, 2.75) is 24.9 Å². The minimum Gasteiger partial charge on any atom is -0.371 e. The van der Waals surface area contributed by atoms with Crippen molar-refractivity contribution in [3.05, 3.63) is 17.3 Å². The standard InChI is InChI=1S/C10H12F3N3O2/c1-14-9-7(16(17)18)4-6(10(11,12)13)8(15-9)5-2-3-5/h4-5,17-18H,2-3H2,1H3,(H,14,15). The van der Waals surface area contributed by atoms with Gasteiger partial charge in [-0.25, -0.2) is 4.98 Å². The summed E-state index contributed by atoms with van der Waals surface area (Å²) in [4.78, 5) is 3.85. The van der Waals surface area contributed by atoms with Gasteiger partial charge in [-0.15, -0.1) is 5.23 Å². The number of nitrogens with zero attached hydrogens (tertiary/aromatic N) is 2. The van der Waals surface area contributed by atoms with Crippen molar-refractivity contribution in [2.24, 2.45) is 0 Å². The molecule has 0 bridgehead atoms. The number of alkyl halides is 3. The van der Waals surface area contributed by atoms with Crippen LogP contribution in [0.1, 0.15) is 30.0 Å². The normalized spacial score (nSPS) is 15.7. The molecule has 0 aliphatic heterocycles. The molecule has 0 amide bonds. The van der Waals surface area contributed by atoms with Gasteiger partial charge in [0.25, 0.3) is 0 Å². The summed E-state index contributed by atoms with van der Waals surface area (Å²) >= 11 is 0. The number of pyridine rings is 1. The molecule has 1 aliphatic carbocycles. The van der Waals surface area contributed by atoms with E-state index in [1.165, 1.54) is 7.05 Å². The van der Waals surface area contributed by atoms with E-state index in [0.29, 0.717) is 18.9 Å². The van der Waals surface area contributed by atoms with E-state index in [0.717, 1.165) is 0 Å². The minimum atomic E-state index is -4.57. The average molecular weight is 263 g/mol. The molecule has 8 heteroatoms. The number of hydrogen-bond donors (Lipinski definition) is 3. The van der Waals surface area contributed by atoms with Crippen LogP contribution < -0.4 is 10.5 Å². The highest BCUT2D eigenvalue weighted by Crippen LogP contribution is 2.46. The van der Waals surface area contributed by atoms with Crippen LogP contribution in [0.25, 0.3) is 0 Å². The minimum absolute atomic E-state index is 0.00472. The fraction of sp³-hybridized carbons (Fsp3) is 0.500. The summed E-state index contributed by atoms with van der Waals surface area (Å²) in [6.45, 7) is 0. The van der Waals surface area contributed by atoms with Crippen molar-refractivity contribution in [3.8, 4) is 0 Å². The first-order chi connectivity index (χ1) is 8.34. The molecule has 2 rings (SSSR count). The maximum Gasteiger partial charge on any atom is 0.418 e. The highest BCUT2D eigenvalue weighted by Gasteiger charge is 2.40. The number of rotatable bonds is 3. The van der Waals surface area contributed by atoms with E-state index in [2.05, 4.69) is 10.3 Å². The molecule has 100 valence electrons. The Labute approximate surface area is 101 Å². The molecular formula is C10H12F3N3O2. The van der Waals surface area contributed by atoms with Gasteiger partial charge in [-0.1, -0.05) is 0 Å². The molecule has 3 N–H and O–H groups in total. The Morgan fingerprint density at radius 1 is 1.39 bits per heavy atom. The molecule has 0 aromatic carbocycles. The Morgan fingerprint density at radius 3 is 2.39 bits per heavy atom.